The van der Waals surface area contributed by atoms with Gasteiger partial charge in [0.15, 0.2) is 5.78 Å². The summed E-state index contributed by atoms with van der Waals surface area (Å²) in [6.07, 6.45) is 7.59. The van der Waals surface area contributed by atoms with Crippen molar-refractivity contribution in [3.05, 3.63) is 102 Å². The zero-order valence-corrected chi connectivity index (χ0v) is 37.4. The van der Waals surface area contributed by atoms with E-state index in [0.717, 1.165) is 82.4 Å². The molecule has 0 aliphatic carbocycles. The number of pyridine rings is 1. The Kier molecular flexibility index (Phi) is 13.9. The van der Waals surface area contributed by atoms with E-state index in [1.165, 1.54) is 28.0 Å². The number of allylic oxidation sites excluding steroid dienone is 2. The first-order chi connectivity index (χ1) is 25.5. The molecule has 0 aliphatic heterocycles. The van der Waals surface area contributed by atoms with Crippen LogP contribution in [-0.2, 0) is 36.7 Å². The van der Waals surface area contributed by atoms with Gasteiger partial charge >= 0.3 is 0 Å². The third-order valence-electron chi connectivity index (χ3n) is 11.8. The standard InChI is InChI=1S/C34H32NO2.C15H28O2.Ir/c1-20(2)15-27-21(3)36-32-18-23(11-12-26(27)32)31-19-28-30(37-31)13-14-35-33(28)24-16-22-9-7-8-10-25(22)29(17-24)34(4,5)6;1-7-14(5,8-2)12(16)11-13(17)15(6,9-3)10-4;/h7-14,17-20H,15H2,1-6H3;11,16H,7-10H2,1-6H3;/q-1;;/b;12-11-;. The summed E-state index contributed by atoms with van der Waals surface area (Å²) < 4.78 is 12.5. The Morgan fingerprint density at radius 1 is 0.818 bits per heavy atom. The van der Waals surface area contributed by atoms with Crippen molar-refractivity contribution in [1.82, 2.24) is 4.98 Å². The maximum Gasteiger partial charge on any atom is 0.164 e. The van der Waals surface area contributed by atoms with Gasteiger partial charge in [-0.3, -0.25) is 9.78 Å². The molecule has 6 heteroatoms. The fourth-order valence-corrected chi connectivity index (χ4v) is 7.07. The molecule has 0 aliphatic rings. The van der Waals surface area contributed by atoms with Gasteiger partial charge < -0.3 is 13.9 Å². The molecule has 0 atom stereocenters. The van der Waals surface area contributed by atoms with Crippen molar-refractivity contribution in [2.45, 2.75) is 121 Å². The molecule has 3 aromatic heterocycles. The summed E-state index contributed by atoms with van der Waals surface area (Å²) in [5.41, 5.74) is 6.56. The maximum absolute atomic E-state index is 12.2. The molecule has 0 amide bonds. The smallest absolute Gasteiger partial charge is 0.164 e. The van der Waals surface area contributed by atoms with E-state index in [2.05, 4.69) is 102 Å². The van der Waals surface area contributed by atoms with E-state index in [-0.39, 0.29) is 47.9 Å². The number of aromatic nitrogens is 1. The number of aliphatic hydroxyl groups excluding tert-OH is 1. The number of benzene rings is 3. The van der Waals surface area contributed by atoms with Crippen molar-refractivity contribution in [3.8, 4) is 22.6 Å². The summed E-state index contributed by atoms with van der Waals surface area (Å²) >= 11 is 0. The van der Waals surface area contributed by atoms with Crippen LogP contribution >= 0.6 is 0 Å². The Bertz CT molecular complexity index is 2290. The molecule has 1 radical (unpaired) electrons. The molecule has 1 N–H and O–H groups in total. The maximum atomic E-state index is 12.2. The van der Waals surface area contributed by atoms with Crippen LogP contribution in [0, 0.1) is 29.7 Å². The summed E-state index contributed by atoms with van der Waals surface area (Å²) in [5, 5.41) is 14.6. The third-order valence-corrected chi connectivity index (χ3v) is 11.8. The molecule has 0 saturated heterocycles. The summed E-state index contributed by atoms with van der Waals surface area (Å²) in [5.74, 6) is 2.67. The number of hydrogen-bond donors (Lipinski definition) is 1. The second-order valence-electron chi connectivity index (χ2n) is 16.9. The Morgan fingerprint density at radius 2 is 1.47 bits per heavy atom. The van der Waals surface area contributed by atoms with Crippen LogP contribution in [0.4, 0.5) is 0 Å². The monoisotopic (exact) mass is 919 g/mol. The molecule has 0 bridgehead atoms. The molecular weight excluding hydrogens is 859 g/mol. The predicted octanol–water partition coefficient (Wildman–Crippen LogP) is 14.3. The molecule has 3 aromatic carbocycles. The zero-order valence-electron chi connectivity index (χ0n) is 35.0. The average molecular weight is 919 g/mol. The van der Waals surface area contributed by atoms with Crippen molar-refractivity contribution in [1.29, 1.82) is 0 Å². The van der Waals surface area contributed by atoms with Crippen molar-refractivity contribution >= 4 is 38.5 Å². The van der Waals surface area contributed by atoms with Crippen LogP contribution in [0.3, 0.4) is 0 Å². The second kappa shape index (κ2) is 17.4. The SMILES string of the molecule is CCC(C)(CC)C(=O)/C=C(\O)C(C)(CC)CC.Cc1oc2cc(-c3cc4c(-c5[c-]c6ccccc6c(C(C)(C)C)c5)nccc4o3)ccc2c1CC(C)C.[Ir]. The number of aliphatic hydroxyl groups is 1. The molecule has 0 saturated carbocycles. The minimum atomic E-state index is -0.337. The summed E-state index contributed by atoms with van der Waals surface area (Å²) in [6.45, 7) is 25.4. The second-order valence-corrected chi connectivity index (χ2v) is 16.9. The zero-order chi connectivity index (χ0) is 39.6. The number of aryl methyl sites for hydroxylation is 1. The Labute approximate surface area is 342 Å². The largest absolute Gasteiger partial charge is 0.512 e. The number of hydrogen-bond acceptors (Lipinski definition) is 5. The minimum Gasteiger partial charge on any atom is -0.512 e. The fraction of sp³-hybridized carbons (Fsp3) is 0.429. The molecule has 0 fully saturated rings. The Balaban J connectivity index is 0.000000320. The van der Waals surface area contributed by atoms with Crippen LogP contribution in [0.1, 0.15) is 119 Å². The Hall–Kier alpha value is -3.99. The van der Waals surface area contributed by atoms with Crippen LogP contribution in [0.5, 0.6) is 0 Å². The van der Waals surface area contributed by atoms with Crippen LogP contribution < -0.4 is 0 Å². The molecule has 295 valence electrons. The third kappa shape index (κ3) is 9.19. The molecule has 55 heavy (non-hydrogen) atoms. The number of nitrogens with zero attached hydrogens (tertiary/aromatic N) is 1. The molecule has 5 nitrogen and oxygen atoms in total. The van der Waals surface area contributed by atoms with Gasteiger partial charge in [0.25, 0.3) is 0 Å². The van der Waals surface area contributed by atoms with E-state index in [1.807, 2.05) is 53.8 Å². The fourth-order valence-electron chi connectivity index (χ4n) is 7.07. The number of carbonyl (C=O) groups is 1. The van der Waals surface area contributed by atoms with Crippen LogP contribution in [-0.4, -0.2) is 15.9 Å². The first-order valence-corrected chi connectivity index (χ1v) is 19.8. The molecular formula is C49H60IrNO4-. The van der Waals surface area contributed by atoms with E-state index in [1.54, 1.807) is 0 Å². The van der Waals surface area contributed by atoms with E-state index >= 15 is 0 Å². The summed E-state index contributed by atoms with van der Waals surface area (Å²) in [4.78, 5) is 17.0. The summed E-state index contributed by atoms with van der Waals surface area (Å²) in [7, 11) is 0. The topological polar surface area (TPSA) is 76.5 Å². The van der Waals surface area contributed by atoms with Gasteiger partial charge in [-0.15, -0.1) is 29.1 Å². The van der Waals surface area contributed by atoms with Crippen LogP contribution in [0.25, 0.3) is 55.3 Å². The van der Waals surface area contributed by atoms with E-state index in [4.69, 9.17) is 13.8 Å². The number of carbonyl (C=O) groups excluding carboxylic acids is 1. The van der Waals surface area contributed by atoms with Gasteiger partial charge in [0.2, 0.25) is 0 Å². The normalized spacial score (nSPS) is 12.6. The van der Waals surface area contributed by atoms with Gasteiger partial charge in [0, 0.05) is 70.8 Å². The first kappa shape index (κ1) is 43.7. The summed E-state index contributed by atoms with van der Waals surface area (Å²) in [6, 6.07) is 24.8. The molecule has 0 spiro atoms. The van der Waals surface area contributed by atoms with E-state index in [0.29, 0.717) is 5.92 Å². The van der Waals surface area contributed by atoms with Gasteiger partial charge in [0.05, 0.1) is 0 Å². The van der Waals surface area contributed by atoms with E-state index < -0.39 is 0 Å². The van der Waals surface area contributed by atoms with Crippen molar-refractivity contribution in [2.24, 2.45) is 16.7 Å². The minimum absolute atomic E-state index is 0. The predicted molar refractivity (Wildman–Crippen MR) is 226 cm³/mol. The van der Waals surface area contributed by atoms with Crippen molar-refractivity contribution in [2.75, 3.05) is 0 Å². The molecule has 0 unspecified atom stereocenters. The Morgan fingerprint density at radius 3 is 2.09 bits per heavy atom. The quantitative estimate of drug-likeness (QED) is 0.0796. The molecule has 3 heterocycles. The number of rotatable bonds is 11. The number of ketones is 1. The van der Waals surface area contributed by atoms with Crippen LogP contribution in [0.15, 0.2) is 87.5 Å². The van der Waals surface area contributed by atoms with Crippen LogP contribution in [0.2, 0.25) is 0 Å². The molecule has 6 aromatic rings. The number of fused-ring (bicyclic) bond motifs is 3. The van der Waals surface area contributed by atoms with Crippen molar-refractivity contribution < 1.29 is 38.8 Å². The number of furan rings is 2. The van der Waals surface area contributed by atoms with Gasteiger partial charge in [-0.1, -0.05) is 117 Å². The van der Waals surface area contributed by atoms with Gasteiger partial charge in [-0.2, -0.15) is 0 Å². The van der Waals surface area contributed by atoms with Gasteiger partial charge in [0.1, 0.15) is 28.4 Å². The first-order valence-electron chi connectivity index (χ1n) is 19.8. The van der Waals surface area contributed by atoms with Gasteiger partial charge in [-0.25, -0.2) is 0 Å². The van der Waals surface area contributed by atoms with Gasteiger partial charge in [-0.05, 0) is 68.6 Å². The average Bonchev–Trinajstić information content (AvgIpc) is 3.73. The molecule has 6 rings (SSSR count). The van der Waals surface area contributed by atoms with E-state index in [9.17, 15) is 9.90 Å². The van der Waals surface area contributed by atoms with Crippen molar-refractivity contribution in [3.63, 3.8) is 0 Å².